The van der Waals surface area contributed by atoms with Crippen LogP contribution < -0.4 is 10.6 Å². The second-order valence-corrected chi connectivity index (χ2v) is 9.66. The third kappa shape index (κ3) is 5.48. The van der Waals surface area contributed by atoms with Crippen molar-refractivity contribution in [2.24, 2.45) is 0 Å². The molecule has 0 atom stereocenters. The summed E-state index contributed by atoms with van der Waals surface area (Å²) in [5.41, 5.74) is 5.43. The summed E-state index contributed by atoms with van der Waals surface area (Å²) < 4.78 is 18.4. The van der Waals surface area contributed by atoms with Crippen LogP contribution in [0.1, 0.15) is 28.1 Å². The molecule has 6 nitrogen and oxygen atoms in total. The first-order chi connectivity index (χ1) is 16.2. The molecule has 0 fully saturated rings. The van der Waals surface area contributed by atoms with Crippen molar-refractivity contribution >= 4 is 56.4 Å². The lowest BCUT2D eigenvalue weighted by molar-refractivity contribution is 0.586. The Morgan fingerprint density at radius 1 is 1.06 bits per heavy atom. The standard InChI is InChI=1S/C24H23BrClFN6S/c1-14-7-9-17(10-8-14)11-33-16(3)22(15(2)30-33)28-24(34)29-23-19(25)13-32(31-23)12-18-20(26)5-4-6-21(18)27/h4-10,13H,11-12H2,1-3H3,(H2,28,29,31,34). The van der Waals surface area contributed by atoms with Crippen LogP contribution in [0.25, 0.3) is 0 Å². The lowest BCUT2D eigenvalue weighted by atomic mass is 10.1. The number of hydrogen-bond donors (Lipinski definition) is 2. The summed E-state index contributed by atoms with van der Waals surface area (Å²) >= 11 is 15.1. The van der Waals surface area contributed by atoms with Crippen LogP contribution in [0.15, 0.2) is 53.1 Å². The Labute approximate surface area is 216 Å². The number of hydrogen-bond acceptors (Lipinski definition) is 3. The minimum absolute atomic E-state index is 0.190. The molecular weight excluding hydrogens is 539 g/mol. The van der Waals surface area contributed by atoms with Crippen molar-refractivity contribution in [3.8, 4) is 0 Å². The quantitative estimate of drug-likeness (QED) is 0.264. The van der Waals surface area contributed by atoms with E-state index >= 15 is 0 Å². The van der Waals surface area contributed by atoms with Crippen LogP contribution in [0.5, 0.6) is 0 Å². The summed E-state index contributed by atoms with van der Waals surface area (Å²) in [4.78, 5) is 0. The highest BCUT2D eigenvalue weighted by Crippen LogP contribution is 2.25. The normalized spacial score (nSPS) is 11.0. The van der Waals surface area contributed by atoms with Crippen LogP contribution in [0.3, 0.4) is 0 Å². The van der Waals surface area contributed by atoms with Crippen molar-refractivity contribution in [1.82, 2.24) is 19.6 Å². The maximum atomic E-state index is 14.1. The van der Waals surface area contributed by atoms with E-state index in [1.165, 1.54) is 17.2 Å². The van der Waals surface area contributed by atoms with Gasteiger partial charge < -0.3 is 10.6 Å². The summed E-state index contributed by atoms with van der Waals surface area (Å²) in [6.45, 7) is 6.87. The van der Waals surface area contributed by atoms with Gasteiger partial charge in [-0.2, -0.15) is 10.2 Å². The van der Waals surface area contributed by atoms with Crippen LogP contribution in [0.4, 0.5) is 15.9 Å². The van der Waals surface area contributed by atoms with E-state index in [1.807, 2.05) is 18.5 Å². The van der Waals surface area contributed by atoms with Crippen molar-refractivity contribution < 1.29 is 4.39 Å². The minimum atomic E-state index is -0.376. The van der Waals surface area contributed by atoms with Crippen LogP contribution in [-0.2, 0) is 13.1 Å². The van der Waals surface area contributed by atoms with Gasteiger partial charge >= 0.3 is 0 Å². The maximum Gasteiger partial charge on any atom is 0.176 e. The minimum Gasteiger partial charge on any atom is -0.329 e. The van der Waals surface area contributed by atoms with Gasteiger partial charge in [0.05, 0.1) is 34.6 Å². The van der Waals surface area contributed by atoms with E-state index in [0.29, 0.717) is 32.5 Å². The molecule has 4 rings (SSSR count). The van der Waals surface area contributed by atoms with Crippen LogP contribution in [0, 0.1) is 26.6 Å². The number of anilines is 2. The Bertz CT molecular complexity index is 1330. The van der Waals surface area contributed by atoms with Gasteiger partial charge in [0.25, 0.3) is 0 Å². The fourth-order valence-electron chi connectivity index (χ4n) is 3.56. The number of aryl methyl sites for hydroxylation is 2. The molecule has 2 aromatic carbocycles. The van der Waals surface area contributed by atoms with Crippen LogP contribution in [-0.4, -0.2) is 24.7 Å². The van der Waals surface area contributed by atoms with Gasteiger partial charge in [-0.1, -0.05) is 47.5 Å². The molecule has 0 amide bonds. The molecule has 0 bridgehead atoms. The zero-order chi connectivity index (χ0) is 24.4. The first-order valence-electron chi connectivity index (χ1n) is 10.5. The van der Waals surface area contributed by atoms with Crippen molar-refractivity contribution in [3.63, 3.8) is 0 Å². The molecule has 2 aromatic heterocycles. The van der Waals surface area contributed by atoms with Gasteiger partial charge in [0.2, 0.25) is 0 Å². The van der Waals surface area contributed by atoms with Crippen molar-refractivity contribution in [3.05, 3.63) is 92.1 Å². The molecular formula is C24H23BrClFN6S. The Morgan fingerprint density at radius 2 is 1.79 bits per heavy atom. The predicted octanol–water partition coefficient (Wildman–Crippen LogP) is 6.47. The topological polar surface area (TPSA) is 59.7 Å². The van der Waals surface area contributed by atoms with Gasteiger partial charge in [0.15, 0.2) is 10.9 Å². The molecule has 2 N–H and O–H groups in total. The molecule has 2 heterocycles. The molecule has 34 heavy (non-hydrogen) atoms. The zero-order valence-corrected chi connectivity index (χ0v) is 22.0. The van der Waals surface area contributed by atoms with Crippen LogP contribution in [0.2, 0.25) is 5.02 Å². The Balaban J connectivity index is 1.45. The molecule has 0 aliphatic carbocycles. The smallest absolute Gasteiger partial charge is 0.176 e. The second-order valence-electron chi connectivity index (χ2n) is 7.99. The average Bonchev–Trinajstić information content (AvgIpc) is 3.25. The molecule has 0 aliphatic rings. The van der Waals surface area contributed by atoms with Crippen molar-refractivity contribution in [1.29, 1.82) is 0 Å². The van der Waals surface area contributed by atoms with Gasteiger partial charge in [-0.3, -0.25) is 9.36 Å². The number of thiocarbonyl (C=S) groups is 1. The van der Waals surface area contributed by atoms with E-state index in [4.69, 9.17) is 23.8 Å². The molecule has 176 valence electrons. The maximum absolute atomic E-state index is 14.1. The largest absolute Gasteiger partial charge is 0.329 e. The molecule has 4 aromatic rings. The Morgan fingerprint density at radius 3 is 2.50 bits per heavy atom. The first kappa shape index (κ1) is 24.4. The fourth-order valence-corrected chi connectivity index (χ4v) is 4.39. The van der Waals surface area contributed by atoms with Gasteiger partial charge in [-0.05, 0) is 66.6 Å². The average molecular weight is 562 g/mol. The number of nitrogens with one attached hydrogen (secondary N) is 2. The van der Waals surface area contributed by atoms with Crippen molar-refractivity contribution in [2.75, 3.05) is 10.6 Å². The predicted molar refractivity (Wildman–Crippen MR) is 142 cm³/mol. The van der Waals surface area contributed by atoms with E-state index in [0.717, 1.165) is 17.1 Å². The third-order valence-electron chi connectivity index (χ3n) is 5.40. The highest BCUT2D eigenvalue weighted by molar-refractivity contribution is 9.10. The third-order valence-corrected chi connectivity index (χ3v) is 6.54. The van der Waals surface area contributed by atoms with E-state index in [9.17, 15) is 4.39 Å². The van der Waals surface area contributed by atoms with E-state index in [-0.39, 0.29) is 12.4 Å². The lowest BCUT2D eigenvalue weighted by Gasteiger charge is -2.10. The lowest BCUT2D eigenvalue weighted by Crippen LogP contribution is -2.20. The van der Waals surface area contributed by atoms with Crippen molar-refractivity contribution in [2.45, 2.75) is 33.9 Å². The SMILES string of the molecule is Cc1ccc(Cn2nc(C)c(NC(=S)Nc3nn(Cc4c(F)cccc4Cl)cc3Br)c2C)cc1. The summed E-state index contributed by atoms with van der Waals surface area (Å²) in [6, 6.07) is 13.0. The number of rotatable bonds is 6. The van der Waals surface area contributed by atoms with Crippen LogP contribution >= 0.6 is 39.7 Å². The molecule has 0 saturated heterocycles. The number of halogens is 3. The number of nitrogens with zero attached hydrogens (tertiary/aromatic N) is 4. The van der Waals surface area contributed by atoms with E-state index < -0.39 is 0 Å². The monoisotopic (exact) mass is 560 g/mol. The highest BCUT2D eigenvalue weighted by Gasteiger charge is 2.16. The highest BCUT2D eigenvalue weighted by atomic mass is 79.9. The molecule has 10 heteroatoms. The summed E-state index contributed by atoms with van der Waals surface area (Å²) in [7, 11) is 0. The Kier molecular flexibility index (Phi) is 7.35. The second kappa shape index (κ2) is 10.2. The fraction of sp³-hybridized carbons (Fsp3) is 0.208. The van der Waals surface area contributed by atoms with E-state index in [2.05, 4.69) is 68.0 Å². The first-order valence-corrected chi connectivity index (χ1v) is 12.1. The molecule has 0 unspecified atom stereocenters. The number of benzene rings is 2. The summed E-state index contributed by atoms with van der Waals surface area (Å²) in [5, 5.41) is 16.2. The zero-order valence-electron chi connectivity index (χ0n) is 18.9. The van der Waals surface area contributed by atoms with Gasteiger partial charge in [0, 0.05) is 16.8 Å². The van der Waals surface area contributed by atoms with Gasteiger partial charge in [0.1, 0.15) is 5.82 Å². The summed E-state index contributed by atoms with van der Waals surface area (Å²) in [5.74, 6) is 0.131. The molecule has 0 spiro atoms. The molecule has 0 radical (unpaired) electrons. The Hall–Kier alpha value is -2.75. The molecule has 0 saturated carbocycles. The number of aromatic nitrogens is 4. The van der Waals surface area contributed by atoms with Gasteiger partial charge in [-0.15, -0.1) is 0 Å². The van der Waals surface area contributed by atoms with Gasteiger partial charge in [-0.25, -0.2) is 4.39 Å². The van der Waals surface area contributed by atoms with E-state index in [1.54, 1.807) is 23.0 Å². The summed E-state index contributed by atoms with van der Waals surface area (Å²) in [6.07, 6.45) is 1.74. The molecule has 0 aliphatic heterocycles.